The van der Waals surface area contributed by atoms with E-state index in [0.29, 0.717) is 13.0 Å². The van der Waals surface area contributed by atoms with E-state index in [1.165, 1.54) is 19.1 Å². The molecule has 8 unspecified atom stereocenters. The van der Waals surface area contributed by atoms with E-state index in [-0.39, 0.29) is 18.7 Å². The van der Waals surface area contributed by atoms with Gasteiger partial charge >= 0.3 is 6.03 Å². The number of primary amides is 1. The number of amides is 3. The molecule has 12 nitrogen and oxygen atoms in total. The highest BCUT2D eigenvalue weighted by Gasteiger charge is 2.48. The van der Waals surface area contributed by atoms with Crippen molar-refractivity contribution in [2.45, 2.75) is 68.1 Å². The average molecular weight is 433 g/mol. The van der Waals surface area contributed by atoms with E-state index in [1.54, 1.807) is 0 Å². The van der Waals surface area contributed by atoms with Crippen molar-refractivity contribution in [1.29, 1.82) is 0 Å². The summed E-state index contributed by atoms with van der Waals surface area (Å²) in [6, 6.07) is -2.45. The first kappa shape index (κ1) is 24.7. The molecule has 174 valence electrons. The third kappa shape index (κ3) is 6.00. The molecule has 1 saturated heterocycles. The highest BCUT2D eigenvalue weighted by Crippen LogP contribution is 2.30. The number of aliphatic hydroxyl groups excluding tert-OH is 1. The summed E-state index contributed by atoms with van der Waals surface area (Å²) in [7, 11) is 4.84. The van der Waals surface area contributed by atoms with Crippen molar-refractivity contribution < 1.29 is 28.9 Å². The van der Waals surface area contributed by atoms with Gasteiger partial charge in [-0.2, -0.15) is 0 Å². The Morgan fingerprint density at radius 3 is 2.57 bits per heavy atom. The summed E-state index contributed by atoms with van der Waals surface area (Å²) in [6.45, 7) is 0.357. The van der Waals surface area contributed by atoms with Crippen LogP contribution in [-0.2, 0) is 19.0 Å². The van der Waals surface area contributed by atoms with Crippen molar-refractivity contribution in [3.8, 4) is 0 Å². The molecule has 2 fully saturated rings. The van der Waals surface area contributed by atoms with E-state index < -0.39 is 48.6 Å². The lowest BCUT2D eigenvalue weighted by atomic mass is 9.83. The van der Waals surface area contributed by atoms with Crippen LogP contribution in [0.25, 0.3) is 0 Å². The smallest absolute Gasteiger partial charge is 0.312 e. The molecule has 0 aromatic heterocycles. The van der Waals surface area contributed by atoms with Crippen LogP contribution in [0.1, 0.15) is 19.3 Å². The van der Waals surface area contributed by atoms with Crippen LogP contribution >= 0.6 is 0 Å². The van der Waals surface area contributed by atoms with Crippen LogP contribution in [-0.4, -0.2) is 105 Å². The van der Waals surface area contributed by atoms with E-state index in [1.807, 2.05) is 7.05 Å². The largest absolute Gasteiger partial charge is 0.388 e. The summed E-state index contributed by atoms with van der Waals surface area (Å²) in [5.41, 5.74) is 17.5. The molecule has 30 heavy (non-hydrogen) atoms. The Morgan fingerprint density at radius 1 is 1.27 bits per heavy atom. The molecular formula is C18H36N6O6. The molecule has 8 atom stereocenters. The van der Waals surface area contributed by atoms with Gasteiger partial charge in [0, 0.05) is 26.7 Å². The zero-order valence-electron chi connectivity index (χ0n) is 17.8. The van der Waals surface area contributed by atoms with Crippen LogP contribution in [0.5, 0.6) is 0 Å². The summed E-state index contributed by atoms with van der Waals surface area (Å²) in [4.78, 5) is 24.7. The fourth-order valence-corrected chi connectivity index (χ4v) is 4.10. The van der Waals surface area contributed by atoms with Crippen molar-refractivity contribution in [1.82, 2.24) is 15.5 Å². The zero-order chi connectivity index (χ0) is 22.4. The number of carbonyl (C=O) groups is 2. The summed E-state index contributed by atoms with van der Waals surface area (Å²) < 4.78 is 17.5. The van der Waals surface area contributed by atoms with Crippen molar-refractivity contribution >= 4 is 11.9 Å². The number of rotatable bonds is 8. The second-order valence-corrected chi connectivity index (χ2v) is 7.90. The molecule has 2 rings (SSSR count). The second kappa shape index (κ2) is 11.2. The monoisotopic (exact) mass is 432 g/mol. The van der Waals surface area contributed by atoms with Crippen LogP contribution < -0.4 is 27.8 Å². The third-order valence-electron chi connectivity index (χ3n) is 5.77. The SMILES string of the molecule is CNCC1CCC(N)C(OC2C(N)CC(OC)C(N(C)C(=O)CNC(N)=O)C2O)O1. The Balaban J connectivity index is 2.12. The minimum absolute atomic E-state index is 0.0524. The number of ether oxygens (including phenoxy) is 3. The second-order valence-electron chi connectivity index (χ2n) is 7.90. The maximum Gasteiger partial charge on any atom is 0.312 e. The molecule has 9 N–H and O–H groups in total. The molecule has 1 aliphatic heterocycles. The molecule has 12 heteroatoms. The molecule has 0 bridgehead atoms. The Morgan fingerprint density at radius 2 is 1.97 bits per heavy atom. The van der Waals surface area contributed by atoms with Gasteiger partial charge in [0.2, 0.25) is 5.91 Å². The van der Waals surface area contributed by atoms with E-state index in [0.717, 1.165) is 12.8 Å². The van der Waals surface area contributed by atoms with E-state index in [4.69, 9.17) is 31.4 Å². The van der Waals surface area contributed by atoms with E-state index in [9.17, 15) is 14.7 Å². The number of hydrogen-bond donors (Lipinski definition) is 6. The Labute approximate surface area is 176 Å². The maximum absolute atomic E-state index is 12.5. The summed E-state index contributed by atoms with van der Waals surface area (Å²) in [5.74, 6) is -0.436. The lowest BCUT2D eigenvalue weighted by Crippen LogP contribution is -2.67. The summed E-state index contributed by atoms with van der Waals surface area (Å²) in [6.07, 6.45) is -1.38. The topological polar surface area (TPSA) is 187 Å². The minimum atomic E-state index is -1.15. The number of likely N-dealkylation sites (N-methyl/N-ethyl adjacent to an activating group) is 2. The van der Waals surface area contributed by atoms with Gasteiger partial charge in [-0.15, -0.1) is 0 Å². The first-order chi connectivity index (χ1) is 14.2. The molecule has 0 radical (unpaired) electrons. The van der Waals surface area contributed by atoms with Gasteiger partial charge in [-0.05, 0) is 26.3 Å². The van der Waals surface area contributed by atoms with Crippen LogP contribution in [0.15, 0.2) is 0 Å². The number of carbonyl (C=O) groups excluding carboxylic acids is 2. The lowest BCUT2D eigenvalue weighted by Gasteiger charge is -2.48. The summed E-state index contributed by atoms with van der Waals surface area (Å²) in [5, 5.41) is 16.4. The molecular weight excluding hydrogens is 396 g/mol. The first-order valence-electron chi connectivity index (χ1n) is 10.2. The molecule has 2 aliphatic rings. The number of nitrogens with one attached hydrogen (secondary N) is 2. The Bertz CT molecular complexity index is 583. The quantitative estimate of drug-likeness (QED) is 0.233. The Kier molecular flexibility index (Phi) is 9.22. The van der Waals surface area contributed by atoms with Crippen LogP contribution in [0.3, 0.4) is 0 Å². The molecule has 3 amide bonds. The molecule has 1 heterocycles. The van der Waals surface area contributed by atoms with Crippen molar-refractivity contribution in [2.75, 3.05) is 34.3 Å². The number of aliphatic hydroxyl groups is 1. The van der Waals surface area contributed by atoms with Gasteiger partial charge < -0.3 is 52.1 Å². The fourth-order valence-electron chi connectivity index (χ4n) is 4.10. The number of nitrogens with zero attached hydrogens (tertiary/aromatic N) is 1. The van der Waals surface area contributed by atoms with Gasteiger partial charge in [-0.25, -0.2) is 4.79 Å². The number of nitrogens with two attached hydrogens (primary N) is 3. The van der Waals surface area contributed by atoms with Gasteiger partial charge in [0.05, 0.1) is 30.8 Å². The Hall–Kier alpha value is -1.54. The maximum atomic E-state index is 12.5. The number of hydrogen-bond acceptors (Lipinski definition) is 9. The van der Waals surface area contributed by atoms with Crippen molar-refractivity contribution in [3.63, 3.8) is 0 Å². The number of urea groups is 1. The van der Waals surface area contributed by atoms with Crippen molar-refractivity contribution in [3.05, 3.63) is 0 Å². The predicted molar refractivity (Wildman–Crippen MR) is 108 cm³/mol. The highest BCUT2D eigenvalue weighted by atomic mass is 16.7. The molecule has 1 aliphatic carbocycles. The van der Waals surface area contributed by atoms with Crippen molar-refractivity contribution in [2.24, 2.45) is 17.2 Å². The summed E-state index contributed by atoms with van der Waals surface area (Å²) >= 11 is 0. The van der Waals surface area contributed by atoms with Gasteiger partial charge in [0.1, 0.15) is 12.2 Å². The minimum Gasteiger partial charge on any atom is -0.388 e. The highest BCUT2D eigenvalue weighted by molar-refractivity contribution is 5.83. The van der Waals surface area contributed by atoms with E-state index in [2.05, 4.69) is 10.6 Å². The zero-order valence-corrected chi connectivity index (χ0v) is 17.8. The van der Waals surface area contributed by atoms with Crippen LogP contribution in [0, 0.1) is 0 Å². The van der Waals surface area contributed by atoms with Gasteiger partial charge in [-0.3, -0.25) is 4.79 Å². The van der Waals surface area contributed by atoms with Crippen LogP contribution in [0.2, 0.25) is 0 Å². The van der Waals surface area contributed by atoms with Crippen LogP contribution in [0.4, 0.5) is 4.79 Å². The molecule has 0 spiro atoms. The number of methoxy groups -OCH3 is 1. The first-order valence-corrected chi connectivity index (χ1v) is 10.2. The normalized spacial score (nSPS) is 36.9. The predicted octanol–water partition coefficient (Wildman–Crippen LogP) is -2.97. The lowest BCUT2D eigenvalue weighted by molar-refractivity contribution is -0.254. The van der Waals surface area contributed by atoms with Gasteiger partial charge in [-0.1, -0.05) is 0 Å². The van der Waals surface area contributed by atoms with E-state index >= 15 is 0 Å². The van der Waals surface area contributed by atoms with Gasteiger partial charge in [0.15, 0.2) is 6.29 Å². The molecule has 0 aromatic carbocycles. The molecule has 1 saturated carbocycles. The average Bonchev–Trinajstić information content (AvgIpc) is 2.70. The fraction of sp³-hybridized carbons (Fsp3) is 0.889. The standard InChI is InChI=1S/C18H36N6O6/c1-22-7-9-4-5-10(19)17(29-9)30-16-11(20)6-12(28-3)14(15(16)26)24(2)13(25)8-23-18(21)27/h9-12,14-17,22,26H,4-8,19-20H2,1-3H3,(H3,21,23,27). The van der Waals surface area contributed by atoms with Gasteiger partial charge in [0.25, 0.3) is 0 Å². The third-order valence-corrected chi connectivity index (χ3v) is 5.77. The molecule has 0 aromatic rings.